The monoisotopic (exact) mass is 315 g/mol. The topological polar surface area (TPSA) is 61.8 Å². The Hall–Kier alpha value is -2.17. The Kier molecular flexibility index (Phi) is 5.53. The van der Waals surface area contributed by atoms with Crippen LogP contribution in [0, 0.1) is 13.8 Å². The summed E-state index contributed by atoms with van der Waals surface area (Å²) in [6, 6.07) is 6.00. The molecule has 5 heteroatoms. The lowest BCUT2D eigenvalue weighted by Gasteiger charge is -2.25. The number of carbonyl (C=O) groups excluding carboxylic acids is 2. The van der Waals surface area contributed by atoms with Gasteiger partial charge >= 0.3 is 0 Å². The van der Waals surface area contributed by atoms with Gasteiger partial charge in [-0.1, -0.05) is 25.5 Å². The fourth-order valence-corrected chi connectivity index (χ4v) is 2.66. The first-order valence-electron chi connectivity index (χ1n) is 8.21. The van der Waals surface area contributed by atoms with E-state index in [4.69, 9.17) is 0 Å². The summed E-state index contributed by atoms with van der Waals surface area (Å²) in [4.78, 5) is 24.6. The normalized spacial score (nSPS) is 16.1. The fourth-order valence-electron chi connectivity index (χ4n) is 2.66. The molecule has 23 heavy (non-hydrogen) atoms. The van der Waals surface area contributed by atoms with Crippen molar-refractivity contribution >= 4 is 23.2 Å². The van der Waals surface area contributed by atoms with Crippen LogP contribution in [0.5, 0.6) is 0 Å². The molecule has 1 aliphatic rings. The number of nitrogens with one attached hydrogen (secondary N) is 1. The molecule has 2 amide bonds. The van der Waals surface area contributed by atoms with Crippen LogP contribution in [0.2, 0.25) is 0 Å². The van der Waals surface area contributed by atoms with Crippen LogP contribution < -0.4 is 10.3 Å². The Morgan fingerprint density at radius 2 is 2.09 bits per heavy atom. The van der Waals surface area contributed by atoms with E-state index in [0.717, 1.165) is 29.7 Å². The van der Waals surface area contributed by atoms with E-state index in [9.17, 15) is 9.59 Å². The van der Waals surface area contributed by atoms with Crippen LogP contribution in [0.4, 0.5) is 5.69 Å². The minimum Gasteiger partial charge on any atom is -0.348 e. The summed E-state index contributed by atoms with van der Waals surface area (Å²) in [6.07, 6.45) is 2.65. The van der Waals surface area contributed by atoms with E-state index < -0.39 is 0 Å². The summed E-state index contributed by atoms with van der Waals surface area (Å²) >= 11 is 0. The number of rotatable bonds is 5. The van der Waals surface area contributed by atoms with Crippen LogP contribution in [0.3, 0.4) is 0 Å². The number of aryl methyl sites for hydroxylation is 2. The van der Waals surface area contributed by atoms with Crippen molar-refractivity contribution in [2.45, 2.75) is 59.4 Å². The zero-order valence-electron chi connectivity index (χ0n) is 14.3. The number of carbonyl (C=O) groups is 2. The van der Waals surface area contributed by atoms with Gasteiger partial charge in [0, 0.05) is 18.9 Å². The predicted molar refractivity (Wildman–Crippen MR) is 92.6 cm³/mol. The van der Waals surface area contributed by atoms with Gasteiger partial charge in [-0.3, -0.25) is 9.59 Å². The smallest absolute Gasteiger partial charge is 0.267 e. The number of hydrogen-bond acceptors (Lipinski definition) is 3. The molecular formula is C18H25N3O2. The summed E-state index contributed by atoms with van der Waals surface area (Å²) in [5.41, 5.74) is 3.20. The Balaban J connectivity index is 2.24. The maximum Gasteiger partial charge on any atom is 0.267 e. The summed E-state index contributed by atoms with van der Waals surface area (Å²) in [5.74, 6) is -0.245. The van der Waals surface area contributed by atoms with E-state index in [1.165, 1.54) is 5.01 Å². The van der Waals surface area contributed by atoms with E-state index in [2.05, 4.69) is 17.3 Å². The third-order valence-electron chi connectivity index (χ3n) is 3.99. The minimum absolute atomic E-state index is 0.0724. The molecule has 1 N–H and O–H groups in total. The molecular weight excluding hydrogens is 290 g/mol. The molecule has 0 aromatic heterocycles. The van der Waals surface area contributed by atoms with Crippen molar-refractivity contribution in [1.82, 2.24) is 5.32 Å². The SMILES string of the molecule is CCCC(C)NC(=O)C1=NN(c2cc(C)ccc2C)C(=O)CC1. The zero-order chi connectivity index (χ0) is 17.0. The molecule has 0 fully saturated rings. The highest BCUT2D eigenvalue weighted by Crippen LogP contribution is 2.25. The summed E-state index contributed by atoms with van der Waals surface area (Å²) in [6.45, 7) is 7.98. The van der Waals surface area contributed by atoms with Crippen molar-refractivity contribution in [2.24, 2.45) is 5.10 Å². The average Bonchev–Trinajstić information content (AvgIpc) is 2.50. The summed E-state index contributed by atoms with van der Waals surface area (Å²) in [7, 11) is 0. The third-order valence-corrected chi connectivity index (χ3v) is 3.99. The Bertz CT molecular complexity index is 637. The van der Waals surface area contributed by atoms with E-state index >= 15 is 0 Å². The Labute approximate surface area is 137 Å². The van der Waals surface area contributed by atoms with Gasteiger partial charge in [0.2, 0.25) is 5.91 Å². The van der Waals surface area contributed by atoms with Crippen LogP contribution in [0.15, 0.2) is 23.3 Å². The van der Waals surface area contributed by atoms with Crippen molar-refractivity contribution in [2.75, 3.05) is 5.01 Å². The molecule has 5 nitrogen and oxygen atoms in total. The summed E-state index contributed by atoms with van der Waals surface area (Å²) in [5, 5.41) is 8.67. The summed E-state index contributed by atoms with van der Waals surface area (Å²) < 4.78 is 0. The van der Waals surface area contributed by atoms with Crippen molar-refractivity contribution < 1.29 is 9.59 Å². The molecule has 0 spiro atoms. The van der Waals surface area contributed by atoms with E-state index in [0.29, 0.717) is 18.6 Å². The first-order chi connectivity index (χ1) is 10.9. The van der Waals surface area contributed by atoms with E-state index in [1.54, 1.807) is 0 Å². The Morgan fingerprint density at radius 3 is 2.78 bits per heavy atom. The van der Waals surface area contributed by atoms with Crippen molar-refractivity contribution in [1.29, 1.82) is 0 Å². The standard InChI is InChI=1S/C18H25N3O2/c1-5-6-14(4)19-18(23)15-9-10-17(22)21(20-15)16-11-12(2)7-8-13(16)3/h7-8,11,14H,5-6,9-10H2,1-4H3,(H,19,23). The zero-order valence-corrected chi connectivity index (χ0v) is 14.3. The molecule has 1 heterocycles. The second-order valence-corrected chi connectivity index (χ2v) is 6.21. The second-order valence-electron chi connectivity index (χ2n) is 6.21. The minimum atomic E-state index is -0.172. The molecule has 1 aromatic rings. The van der Waals surface area contributed by atoms with Gasteiger partial charge in [0.1, 0.15) is 5.71 Å². The van der Waals surface area contributed by atoms with Gasteiger partial charge in [-0.15, -0.1) is 0 Å². The molecule has 2 rings (SSSR count). The molecule has 124 valence electrons. The number of nitrogens with zero attached hydrogens (tertiary/aromatic N) is 2. The lowest BCUT2D eigenvalue weighted by atomic mass is 10.1. The first kappa shape index (κ1) is 17.2. The molecule has 1 unspecified atom stereocenters. The van der Waals surface area contributed by atoms with Crippen LogP contribution in [-0.4, -0.2) is 23.6 Å². The molecule has 0 saturated heterocycles. The van der Waals surface area contributed by atoms with Gasteiger partial charge in [0.05, 0.1) is 5.69 Å². The molecule has 0 saturated carbocycles. The number of hydrazone groups is 1. The van der Waals surface area contributed by atoms with Gasteiger partial charge in [-0.2, -0.15) is 5.10 Å². The molecule has 0 bridgehead atoms. The first-order valence-corrected chi connectivity index (χ1v) is 8.21. The lowest BCUT2D eigenvalue weighted by molar-refractivity contribution is -0.119. The van der Waals surface area contributed by atoms with E-state index in [-0.39, 0.29) is 17.9 Å². The number of anilines is 1. The predicted octanol–water partition coefficient (Wildman–Crippen LogP) is 3.09. The fraction of sp³-hybridized carbons (Fsp3) is 0.500. The molecule has 1 aromatic carbocycles. The van der Waals surface area contributed by atoms with Gasteiger partial charge in [-0.05, 0) is 44.4 Å². The highest BCUT2D eigenvalue weighted by molar-refractivity contribution is 6.40. The Morgan fingerprint density at radius 1 is 1.35 bits per heavy atom. The van der Waals surface area contributed by atoms with Crippen LogP contribution in [0.25, 0.3) is 0 Å². The van der Waals surface area contributed by atoms with Crippen LogP contribution in [-0.2, 0) is 9.59 Å². The van der Waals surface area contributed by atoms with Crippen LogP contribution in [0.1, 0.15) is 50.7 Å². The highest BCUT2D eigenvalue weighted by Gasteiger charge is 2.26. The molecule has 0 radical (unpaired) electrons. The molecule has 1 atom stereocenters. The van der Waals surface area contributed by atoms with Gasteiger partial charge < -0.3 is 5.32 Å². The van der Waals surface area contributed by atoms with Crippen molar-refractivity contribution in [3.63, 3.8) is 0 Å². The number of benzene rings is 1. The quantitative estimate of drug-likeness (QED) is 0.907. The largest absolute Gasteiger partial charge is 0.348 e. The van der Waals surface area contributed by atoms with Gasteiger partial charge in [0.15, 0.2) is 0 Å². The molecule has 0 aliphatic carbocycles. The highest BCUT2D eigenvalue weighted by atomic mass is 16.2. The maximum atomic E-state index is 12.3. The average molecular weight is 315 g/mol. The van der Waals surface area contributed by atoms with E-state index in [1.807, 2.05) is 39.0 Å². The van der Waals surface area contributed by atoms with Gasteiger partial charge in [-0.25, -0.2) is 5.01 Å². The third kappa shape index (κ3) is 4.18. The van der Waals surface area contributed by atoms with Crippen molar-refractivity contribution in [3.8, 4) is 0 Å². The maximum absolute atomic E-state index is 12.3. The lowest BCUT2D eigenvalue weighted by Crippen LogP contribution is -2.42. The van der Waals surface area contributed by atoms with Crippen molar-refractivity contribution in [3.05, 3.63) is 29.3 Å². The van der Waals surface area contributed by atoms with Crippen LogP contribution >= 0.6 is 0 Å². The van der Waals surface area contributed by atoms with Gasteiger partial charge in [0.25, 0.3) is 5.91 Å². The number of hydrogen-bond donors (Lipinski definition) is 1. The second kappa shape index (κ2) is 7.40. The molecule has 1 aliphatic heterocycles. The number of amides is 2.